The Morgan fingerprint density at radius 2 is 2.09 bits per heavy atom. The van der Waals surface area contributed by atoms with Gasteiger partial charge in [0, 0.05) is 23.5 Å². The van der Waals surface area contributed by atoms with Crippen LogP contribution in [0.3, 0.4) is 0 Å². The zero-order valence-corrected chi connectivity index (χ0v) is 14.1. The van der Waals surface area contributed by atoms with Crippen molar-refractivity contribution < 1.29 is 9.18 Å². The van der Waals surface area contributed by atoms with Gasteiger partial charge in [0.25, 0.3) is 5.91 Å². The number of hydrogen-bond donors (Lipinski definition) is 1. The van der Waals surface area contributed by atoms with Gasteiger partial charge in [0.2, 0.25) is 0 Å². The molecule has 0 spiro atoms. The normalized spacial score (nSPS) is 12.5. The molecule has 1 aromatic carbocycles. The summed E-state index contributed by atoms with van der Waals surface area (Å²) in [7, 11) is 0. The highest BCUT2D eigenvalue weighted by Crippen LogP contribution is 2.27. The predicted molar refractivity (Wildman–Crippen MR) is 90.4 cm³/mol. The first-order valence-electron chi connectivity index (χ1n) is 7.55. The maximum Gasteiger partial charge on any atom is 0.263 e. The van der Waals surface area contributed by atoms with Gasteiger partial charge < -0.3 is 5.32 Å². The van der Waals surface area contributed by atoms with Crippen LogP contribution in [-0.4, -0.2) is 21.3 Å². The van der Waals surface area contributed by atoms with Crippen LogP contribution in [0.15, 0.2) is 30.5 Å². The second kappa shape index (κ2) is 6.12. The van der Waals surface area contributed by atoms with Crippen molar-refractivity contribution in [2.45, 2.75) is 33.2 Å². The average molecular weight is 331 g/mol. The fourth-order valence-corrected chi connectivity index (χ4v) is 3.32. The zero-order valence-electron chi connectivity index (χ0n) is 13.3. The second-order valence-electron chi connectivity index (χ2n) is 5.58. The van der Waals surface area contributed by atoms with Gasteiger partial charge in [-0.1, -0.05) is 18.3 Å². The van der Waals surface area contributed by atoms with Crippen LogP contribution in [0.4, 0.5) is 4.39 Å². The molecule has 2 aromatic heterocycles. The highest BCUT2D eigenvalue weighted by molar-refractivity contribution is 7.19. The fourth-order valence-electron chi connectivity index (χ4n) is 2.31. The summed E-state index contributed by atoms with van der Waals surface area (Å²) >= 11 is 1.37. The molecule has 23 heavy (non-hydrogen) atoms. The standard InChI is InChI=1S/C17H18FN3OS/c1-4-10(2)19-16(22)15-11(3)21-9-14(20-17(21)23-15)12-5-7-13(18)8-6-12/h5-10H,4H2,1-3H3,(H,19,22)/t10-/m1/s1. The van der Waals surface area contributed by atoms with Crippen LogP contribution in [-0.2, 0) is 0 Å². The number of amides is 1. The maximum absolute atomic E-state index is 13.0. The van der Waals surface area contributed by atoms with E-state index < -0.39 is 0 Å². The van der Waals surface area contributed by atoms with E-state index in [0.29, 0.717) is 4.88 Å². The van der Waals surface area contributed by atoms with Crippen molar-refractivity contribution in [1.29, 1.82) is 0 Å². The van der Waals surface area contributed by atoms with Crippen molar-refractivity contribution >= 4 is 22.2 Å². The number of imidazole rings is 1. The zero-order chi connectivity index (χ0) is 16.6. The van der Waals surface area contributed by atoms with Crippen LogP contribution < -0.4 is 5.32 Å². The number of aryl methyl sites for hydroxylation is 1. The number of aromatic nitrogens is 2. The topological polar surface area (TPSA) is 46.4 Å². The van der Waals surface area contributed by atoms with Gasteiger partial charge in [0.15, 0.2) is 4.96 Å². The summed E-state index contributed by atoms with van der Waals surface area (Å²) in [5.74, 6) is -0.328. The molecule has 0 unspecified atom stereocenters. The fraction of sp³-hybridized carbons (Fsp3) is 0.294. The lowest BCUT2D eigenvalue weighted by atomic mass is 10.2. The van der Waals surface area contributed by atoms with Crippen LogP contribution in [0.1, 0.15) is 35.6 Å². The molecule has 0 aliphatic heterocycles. The molecule has 6 heteroatoms. The van der Waals surface area contributed by atoms with Crippen molar-refractivity contribution in [3.63, 3.8) is 0 Å². The number of fused-ring (bicyclic) bond motifs is 1. The van der Waals surface area contributed by atoms with Gasteiger partial charge >= 0.3 is 0 Å². The first-order valence-corrected chi connectivity index (χ1v) is 8.36. The summed E-state index contributed by atoms with van der Waals surface area (Å²) in [6, 6.07) is 6.38. The molecule has 1 amide bonds. The predicted octanol–water partition coefficient (Wildman–Crippen LogP) is 4.04. The molecule has 2 heterocycles. The summed E-state index contributed by atoms with van der Waals surface area (Å²) in [6.07, 6.45) is 2.77. The van der Waals surface area contributed by atoms with E-state index in [1.807, 2.05) is 31.4 Å². The van der Waals surface area contributed by atoms with Crippen molar-refractivity contribution in [2.24, 2.45) is 0 Å². The highest BCUT2D eigenvalue weighted by atomic mass is 32.1. The molecule has 1 N–H and O–H groups in total. The van der Waals surface area contributed by atoms with E-state index in [4.69, 9.17) is 0 Å². The van der Waals surface area contributed by atoms with Gasteiger partial charge in [-0.25, -0.2) is 9.37 Å². The molecule has 3 rings (SSSR count). The third-order valence-corrected chi connectivity index (χ3v) is 5.05. The number of thiazole rings is 1. The molecule has 120 valence electrons. The van der Waals surface area contributed by atoms with Crippen LogP contribution in [0.25, 0.3) is 16.2 Å². The van der Waals surface area contributed by atoms with E-state index in [2.05, 4.69) is 10.3 Å². The van der Waals surface area contributed by atoms with E-state index in [9.17, 15) is 9.18 Å². The lowest BCUT2D eigenvalue weighted by Crippen LogP contribution is -2.31. The Morgan fingerprint density at radius 3 is 2.70 bits per heavy atom. The van der Waals surface area contributed by atoms with E-state index in [1.54, 1.807) is 12.1 Å². The van der Waals surface area contributed by atoms with Crippen LogP contribution in [0, 0.1) is 12.7 Å². The van der Waals surface area contributed by atoms with Crippen LogP contribution in [0.5, 0.6) is 0 Å². The Bertz CT molecular complexity index is 851. The molecule has 0 saturated heterocycles. The largest absolute Gasteiger partial charge is 0.349 e. The third kappa shape index (κ3) is 2.99. The molecule has 0 radical (unpaired) electrons. The SMILES string of the molecule is CC[C@@H](C)NC(=O)c1sc2nc(-c3ccc(F)cc3)cn2c1C. The highest BCUT2D eigenvalue weighted by Gasteiger charge is 2.19. The van der Waals surface area contributed by atoms with Gasteiger partial charge in [-0.2, -0.15) is 0 Å². The van der Waals surface area contributed by atoms with Crippen LogP contribution in [0.2, 0.25) is 0 Å². The molecule has 0 aliphatic rings. The number of carbonyl (C=O) groups excluding carboxylic acids is 1. The van der Waals surface area contributed by atoms with Crippen molar-refractivity contribution in [3.05, 3.63) is 46.9 Å². The molecule has 4 nitrogen and oxygen atoms in total. The average Bonchev–Trinajstić information content (AvgIpc) is 3.08. The number of nitrogens with one attached hydrogen (secondary N) is 1. The minimum Gasteiger partial charge on any atom is -0.349 e. The second-order valence-corrected chi connectivity index (χ2v) is 6.56. The smallest absolute Gasteiger partial charge is 0.263 e. The molecule has 0 aliphatic carbocycles. The molecular formula is C17H18FN3OS. The summed E-state index contributed by atoms with van der Waals surface area (Å²) in [4.78, 5) is 18.3. The lowest BCUT2D eigenvalue weighted by Gasteiger charge is -2.10. The van der Waals surface area contributed by atoms with Gasteiger partial charge in [-0.15, -0.1) is 0 Å². The molecule has 3 aromatic rings. The number of carbonyl (C=O) groups is 1. The Labute approximate surface area is 138 Å². The minimum absolute atomic E-state index is 0.0596. The molecular weight excluding hydrogens is 313 g/mol. The lowest BCUT2D eigenvalue weighted by molar-refractivity contribution is 0.0942. The van der Waals surface area contributed by atoms with Gasteiger partial charge in [0.05, 0.1) is 5.69 Å². The summed E-state index contributed by atoms with van der Waals surface area (Å²) in [5.41, 5.74) is 2.49. The van der Waals surface area contributed by atoms with Gasteiger partial charge in [-0.05, 0) is 44.5 Å². The van der Waals surface area contributed by atoms with Gasteiger partial charge in [-0.3, -0.25) is 9.20 Å². The molecule has 0 saturated carbocycles. The molecule has 0 fully saturated rings. The van der Waals surface area contributed by atoms with E-state index >= 15 is 0 Å². The van der Waals surface area contributed by atoms with Crippen molar-refractivity contribution in [2.75, 3.05) is 0 Å². The monoisotopic (exact) mass is 331 g/mol. The molecule has 1 atom stereocenters. The third-order valence-electron chi connectivity index (χ3n) is 3.89. The van der Waals surface area contributed by atoms with E-state index in [1.165, 1.54) is 23.5 Å². The summed E-state index contributed by atoms with van der Waals surface area (Å²) < 4.78 is 14.9. The first kappa shape index (κ1) is 15.7. The Hall–Kier alpha value is -2.21. The Morgan fingerprint density at radius 1 is 1.39 bits per heavy atom. The van der Waals surface area contributed by atoms with Crippen molar-refractivity contribution in [1.82, 2.24) is 14.7 Å². The molecule has 0 bridgehead atoms. The van der Waals surface area contributed by atoms with Crippen molar-refractivity contribution in [3.8, 4) is 11.3 Å². The number of benzene rings is 1. The van der Waals surface area contributed by atoms with E-state index in [0.717, 1.165) is 28.3 Å². The van der Waals surface area contributed by atoms with Crippen LogP contribution >= 0.6 is 11.3 Å². The summed E-state index contributed by atoms with van der Waals surface area (Å²) in [6.45, 7) is 5.93. The first-order chi connectivity index (χ1) is 11.0. The minimum atomic E-state index is -0.269. The summed E-state index contributed by atoms with van der Waals surface area (Å²) in [5, 5.41) is 2.98. The Kier molecular flexibility index (Phi) is 4.17. The van der Waals surface area contributed by atoms with E-state index in [-0.39, 0.29) is 17.8 Å². The quantitative estimate of drug-likeness (QED) is 0.784. The Balaban J connectivity index is 1.94. The number of halogens is 1. The number of nitrogens with zero attached hydrogens (tertiary/aromatic N) is 2. The van der Waals surface area contributed by atoms with Gasteiger partial charge in [0.1, 0.15) is 10.7 Å². The maximum atomic E-state index is 13.0. The number of rotatable bonds is 4. The number of hydrogen-bond acceptors (Lipinski definition) is 3.